The Kier molecular flexibility index (Phi) is 9.37. The number of imidazole rings is 1. The van der Waals surface area contributed by atoms with Gasteiger partial charge in [0.25, 0.3) is 0 Å². The Morgan fingerprint density at radius 3 is 2.35 bits per heavy atom. The Labute approximate surface area is 316 Å². The Hall–Kier alpha value is -5.29. The third-order valence-electron chi connectivity index (χ3n) is 11.4. The number of piperidine rings is 1. The average molecular weight is 727 g/mol. The van der Waals surface area contributed by atoms with Gasteiger partial charge in [0.1, 0.15) is 22.7 Å². The zero-order valence-electron chi connectivity index (χ0n) is 31.7. The number of aromatic nitrogens is 4. The summed E-state index contributed by atoms with van der Waals surface area (Å²) in [4.78, 5) is 44.7. The van der Waals surface area contributed by atoms with Crippen molar-refractivity contribution in [2.75, 3.05) is 30.3 Å². The van der Waals surface area contributed by atoms with E-state index in [1.54, 1.807) is 13.1 Å². The highest BCUT2D eigenvalue weighted by Crippen LogP contribution is 2.42. The van der Waals surface area contributed by atoms with Gasteiger partial charge in [0.2, 0.25) is 0 Å². The van der Waals surface area contributed by atoms with Crippen molar-refractivity contribution in [2.24, 2.45) is 0 Å². The first-order chi connectivity index (χ1) is 26.0. The number of nitrogens with one attached hydrogen (secondary N) is 1. The normalized spacial score (nSPS) is 19.1. The van der Waals surface area contributed by atoms with Crippen LogP contribution in [0.5, 0.6) is 0 Å². The van der Waals surface area contributed by atoms with Crippen molar-refractivity contribution < 1.29 is 14.3 Å². The minimum absolute atomic E-state index is 0.0907. The summed E-state index contributed by atoms with van der Waals surface area (Å²) >= 11 is 0. The SMILES string of the molecule is CC(=O)[C@@H]1CCCN1C1CCN(c2cccc(-c3ccc4nc(-c5cccnc5N)n(-c5ccc(C6(NC(=O)OC(C)(C)C)CCC6)cc5)c4n3)c2)CC1. The van der Waals surface area contributed by atoms with Crippen LogP contribution in [0.25, 0.3) is 39.5 Å². The molecule has 0 unspecified atom stereocenters. The molecule has 3 N–H and O–H groups in total. The van der Waals surface area contributed by atoms with Crippen LogP contribution in [-0.2, 0) is 15.1 Å². The number of fused-ring (bicyclic) bond motifs is 1. The number of nitrogens with zero attached hydrogens (tertiary/aromatic N) is 6. The molecule has 2 aromatic carbocycles. The number of likely N-dealkylation sites (tertiary alicyclic amines) is 1. The van der Waals surface area contributed by atoms with Crippen molar-refractivity contribution in [1.29, 1.82) is 0 Å². The number of carbonyl (C=O) groups excluding carboxylic acids is 2. The van der Waals surface area contributed by atoms with Gasteiger partial charge in [0.05, 0.1) is 22.8 Å². The number of rotatable bonds is 8. The predicted molar refractivity (Wildman–Crippen MR) is 212 cm³/mol. The second kappa shape index (κ2) is 14.2. The van der Waals surface area contributed by atoms with E-state index in [1.807, 2.05) is 49.6 Å². The van der Waals surface area contributed by atoms with Gasteiger partial charge in [-0.1, -0.05) is 24.3 Å². The van der Waals surface area contributed by atoms with Crippen LogP contribution in [0.15, 0.2) is 79.0 Å². The molecule has 8 rings (SSSR count). The van der Waals surface area contributed by atoms with E-state index in [0.29, 0.717) is 29.1 Å². The number of nitrogen functional groups attached to an aromatic ring is 1. The third-order valence-corrected chi connectivity index (χ3v) is 11.4. The van der Waals surface area contributed by atoms with Crippen molar-refractivity contribution in [3.05, 3.63) is 84.6 Å². The number of nitrogens with two attached hydrogens (primary N) is 1. The molecule has 3 aliphatic rings. The number of hydrogen-bond donors (Lipinski definition) is 2. The van der Waals surface area contributed by atoms with Gasteiger partial charge >= 0.3 is 6.09 Å². The van der Waals surface area contributed by atoms with Crippen molar-refractivity contribution in [3.8, 4) is 28.3 Å². The molecule has 1 amide bonds. The predicted octanol–water partition coefficient (Wildman–Crippen LogP) is 7.66. The Morgan fingerprint density at radius 2 is 1.67 bits per heavy atom. The lowest BCUT2D eigenvalue weighted by Gasteiger charge is -2.43. The van der Waals surface area contributed by atoms with Gasteiger partial charge in [-0.15, -0.1) is 0 Å². The van der Waals surface area contributed by atoms with Gasteiger partial charge in [0, 0.05) is 42.3 Å². The number of carbonyl (C=O) groups is 2. The quantitative estimate of drug-likeness (QED) is 0.166. The summed E-state index contributed by atoms with van der Waals surface area (Å²) in [6.07, 6.45) is 8.19. The lowest BCUT2D eigenvalue weighted by molar-refractivity contribution is -0.122. The lowest BCUT2D eigenvalue weighted by Crippen LogP contribution is -2.52. The van der Waals surface area contributed by atoms with Crippen molar-refractivity contribution >= 4 is 34.5 Å². The number of hydrogen-bond acceptors (Lipinski definition) is 9. The molecule has 11 heteroatoms. The molecule has 1 aliphatic carbocycles. The van der Waals surface area contributed by atoms with Crippen LogP contribution in [0.1, 0.15) is 78.2 Å². The standard InChI is InChI=1S/C43H50N8O3/c1-28(52)37-12-7-24-50(37)31-19-25-49(26-20-31)33-10-5-9-29(27-33)35-17-18-36-40(46-35)51(39(47-36)34-11-6-23-45-38(34)44)32-15-13-30(14-16-32)43(21-8-22-43)48-41(53)54-42(2,3)4/h5-6,9-11,13-18,23,27,31,37H,7-8,12,19-22,24-26H2,1-4H3,(H2,44,45)(H,48,53)/t37-/m0/s1. The summed E-state index contributed by atoms with van der Waals surface area (Å²) in [6, 6.07) is 25.3. The zero-order valence-corrected chi connectivity index (χ0v) is 31.7. The summed E-state index contributed by atoms with van der Waals surface area (Å²) in [5, 5.41) is 3.17. The minimum Gasteiger partial charge on any atom is -0.444 e. The number of amides is 1. The van der Waals surface area contributed by atoms with E-state index < -0.39 is 17.2 Å². The molecule has 5 aromatic rings. The molecule has 1 atom stereocenters. The van der Waals surface area contributed by atoms with Gasteiger partial charge < -0.3 is 20.7 Å². The largest absolute Gasteiger partial charge is 0.444 e. The van der Waals surface area contributed by atoms with Crippen molar-refractivity contribution in [3.63, 3.8) is 0 Å². The molecule has 0 bridgehead atoms. The number of alkyl carbamates (subject to hydrolysis) is 1. The minimum atomic E-state index is -0.578. The van der Waals surface area contributed by atoms with Crippen LogP contribution < -0.4 is 16.0 Å². The summed E-state index contributed by atoms with van der Waals surface area (Å²) < 4.78 is 7.67. The van der Waals surface area contributed by atoms with Crippen LogP contribution in [0, 0.1) is 0 Å². The van der Waals surface area contributed by atoms with Crippen LogP contribution in [0.2, 0.25) is 0 Å². The molecule has 54 heavy (non-hydrogen) atoms. The Morgan fingerprint density at radius 1 is 0.889 bits per heavy atom. The van der Waals surface area contributed by atoms with Gasteiger partial charge in [-0.2, -0.15) is 0 Å². The first-order valence-corrected chi connectivity index (χ1v) is 19.3. The van der Waals surface area contributed by atoms with Crippen molar-refractivity contribution in [2.45, 2.75) is 95.9 Å². The average Bonchev–Trinajstić information content (AvgIpc) is 3.79. The van der Waals surface area contributed by atoms with E-state index in [0.717, 1.165) is 98.2 Å². The number of Topliss-reactive ketones (excluding diaryl/α,β-unsaturated/α-hetero) is 1. The second-order valence-electron chi connectivity index (χ2n) is 16.1. The maximum absolute atomic E-state index is 12.8. The summed E-state index contributed by atoms with van der Waals surface area (Å²) in [5.41, 5.74) is 12.5. The fourth-order valence-corrected chi connectivity index (χ4v) is 8.57. The summed E-state index contributed by atoms with van der Waals surface area (Å²) in [6.45, 7) is 10.3. The van der Waals surface area contributed by atoms with Crippen LogP contribution in [0.3, 0.4) is 0 Å². The van der Waals surface area contributed by atoms with E-state index in [9.17, 15) is 9.59 Å². The number of pyridine rings is 2. The molecule has 3 aromatic heterocycles. The fourth-order valence-electron chi connectivity index (χ4n) is 8.57. The number of anilines is 2. The molecule has 11 nitrogen and oxygen atoms in total. The molecule has 280 valence electrons. The van der Waals surface area contributed by atoms with E-state index >= 15 is 0 Å². The first kappa shape index (κ1) is 35.7. The fraction of sp³-hybridized carbons (Fsp3) is 0.419. The maximum atomic E-state index is 12.8. The monoisotopic (exact) mass is 726 g/mol. The van der Waals surface area contributed by atoms with E-state index in [-0.39, 0.29) is 6.04 Å². The van der Waals surface area contributed by atoms with E-state index in [1.165, 1.54) is 5.69 Å². The van der Waals surface area contributed by atoms with Crippen LogP contribution in [0.4, 0.5) is 16.3 Å². The van der Waals surface area contributed by atoms with Crippen LogP contribution >= 0.6 is 0 Å². The first-order valence-electron chi connectivity index (χ1n) is 19.3. The van der Waals surface area contributed by atoms with Crippen LogP contribution in [-0.4, -0.2) is 73.6 Å². The number of ketones is 1. The molecule has 0 spiro atoms. The third kappa shape index (κ3) is 6.93. The highest BCUT2D eigenvalue weighted by Gasteiger charge is 2.41. The molecular formula is C43H50N8O3. The molecular weight excluding hydrogens is 677 g/mol. The van der Waals surface area contributed by atoms with Gasteiger partial charge in [-0.05, 0) is 133 Å². The Balaban J connectivity index is 1.10. The highest BCUT2D eigenvalue weighted by atomic mass is 16.6. The summed E-state index contributed by atoms with van der Waals surface area (Å²) in [5.74, 6) is 1.34. The smallest absolute Gasteiger partial charge is 0.408 e. The molecule has 5 heterocycles. The number of ether oxygens (including phenoxy) is 1. The Bertz CT molecular complexity index is 2180. The maximum Gasteiger partial charge on any atom is 0.408 e. The topological polar surface area (TPSA) is 132 Å². The molecule has 2 saturated heterocycles. The zero-order chi connectivity index (χ0) is 37.6. The molecule has 3 fully saturated rings. The second-order valence-corrected chi connectivity index (χ2v) is 16.1. The summed E-state index contributed by atoms with van der Waals surface area (Å²) in [7, 11) is 0. The molecule has 2 aliphatic heterocycles. The van der Waals surface area contributed by atoms with E-state index in [4.69, 9.17) is 20.4 Å². The van der Waals surface area contributed by atoms with E-state index in [2.05, 4.69) is 68.6 Å². The molecule has 1 saturated carbocycles. The highest BCUT2D eigenvalue weighted by molar-refractivity contribution is 5.85. The number of benzene rings is 2. The lowest BCUT2D eigenvalue weighted by atomic mass is 9.72. The van der Waals surface area contributed by atoms with Gasteiger partial charge in [-0.25, -0.2) is 19.7 Å². The molecule has 0 radical (unpaired) electrons. The van der Waals surface area contributed by atoms with Gasteiger partial charge in [0.15, 0.2) is 11.5 Å². The van der Waals surface area contributed by atoms with Crippen molar-refractivity contribution in [1.82, 2.24) is 29.7 Å². The van der Waals surface area contributed by atoms with Gasteiger partial charge in [-0.3, -0.25) is 14.3 Å².